The topological polar surface area (TPSA) is 85.9 Å². The summed E-state index contributed by atoms with van der Waals surface area (Å²) in [5.41, 5.74) is 9.79. The number of carbonyl (C=O) groups is 1. The smallest absolute Gasteiger partial charge is 0.271 e. The molecule has 2 aromatic rings. The van der Waals surface area contributed by atoms with Gasteiger partial charge in [-0.05, 0) is 42.5 Å². The van der Waals surface area contributed by atoms with E-state index in [1.165, 1.54) is 6.21 Å². The molecule has 6 nitrogen and oxygen atoms in total. The van der Waals surface area contributed by atoms with Gasteiger partial charge in [0.2, 0.25) is 0 Å². The number of nitrogens with zero attached hydrogens (tertiary/aromatic N) is 1. The lowest BCUT2D eigenvalue weighted by Crippen LogP contribution is -2.17. The van der Waals surface area contributed by atoms with Gasteiger partial charge in [-0.1, -0.05) is 0 Å². The quantitative estimate of drug-likeness (QED) is 0.502. The maximum atomic E-state index is 11.9. The number of carbonyl (C=O) groups excluding carboxylic acids is 1. The van der Waals surface area contributed by atoms with Crippen LogP contribution in [-0.4, -0.2) is 26.3 Å². The van der Waals surface area contributed by atoms with Crippen LogP contribution in [-0.2, 0) is 0 Å². The standard InChI is InChI=1S/C16H17N3O3/c1-21-14-7-8-15(22-2)12(9-14)10-18-19-16(20)11-3-5-13(17)6-4-11/h3-10H,17H2,1-2H3,(H,19,20). The first-order valence-electron chi connectivity index (χ1n) is 6.55. The monoisotopic (exact) mass is 299 g/mol. The molecule has 0 aliphatic heterocycles. The van der Waals surface area contributed by atoms with E-state index in [2.05, 4.69) is 10.5 Å². The van der Waals surface area contributed by atoms with Crippen molar-refractivity contribution in [3.8, 4) is 11.5 Å². The van der Waals surface area contributed by atoms with E-state index in [4.69, 9.17) is 15.2 Å². The molecule has 0 unspecified atom stereocenters. The number of rotatable bonds is 5. The predicted molar refractivity (Wildman–Crippen MR) is 85.5 cm³/mol. The van der Waals surface area contributed by atoms with Crippen molar-refractivity contribution in [1.29, 1.82) is 0 Å². The summed E-state index contributed by atoms with van der Waals surface area (Å²) in [4.78, 5) is 11.9. The van der Waals surface area contributed by atoms with Gasteiger partial charge in [-0.25, -0.2) is 5.43 Å². The van der Waals surface area contributed by atoms with Crippen LogP contribution in [0.2, 0.25) is 0 Å². The molecule has 0 aliphatic rings. The molecule has 0 atom stereocenters. The summed E-state index contributed by atoms with van der Waals surface area (Å²) in [6, 6.07) is 11.9. The second-order valence-corrected chi connectivity index (χ2v) is 4.43. The van der Waals surface area contributed by atoms with Crippen molar-refractivity contribution in [3.05, 3.63) is 53.6 Å². The van der Waals surface area contributed by atoms with Crippen LogP contribution >= 0.6 is 0 Å². The average Bonchev–Trinajstić information content (AvgIpc) is 2.55. The number of methoxy groups -OCH3 is 2. The fourth-order valence-electron chi connectivity index (χ4n) is 1.80. The van der Waals surface area contributed by atoms with Crippen molar-refractivity contribution in [1.82, 2.24) is 5.43 Å². The Labute approximate surface area is 128 Å². The van der Waals surface area contributed by atoms with E-state index in [0.29, 0.717) is 28.3 Å². The van der Waals surface area contributed by atoms with Crippen molar-refractivity contribution in [2.75, 3.05) is 20.0 Å². The number of hydrogen-bond acceptors (Lipinski definition) is 5. The Morgan fingerprint density at radius 2 is 1.86 bits per heavy atom. The Morgan fingerprint density at radius 3 is 2.50 bits per heavy atom. The van der Waals surface area contributed by atoms with Crippen LogP contribution in [0.25, 0.3) is 0 Å². The lowest BCUT2D eigenvalue weighted by Gasteiger charge is -2.06. The first kappa shape index (κ1) is 15.4. The van der Waals surface area contributed by atoms with E-state index in [1.54, 1.807) is 56.7 Å². The Bertz CT molecular complexity index is 682. The van der Waals surface area contributed by atoms with E-state index in [1.807, 2.05) is 0 Å². The van der Waals surface area contributed by atoms with Crippen LogP contribution in [0, 0.1) is 0 Å². The molecule has 0 saturated heterocycles. The van der Waals surface area contributed by atoms with E-state index >= 15 is 0 Å². The lowest BCUT2D eigenvalue weighted by molar-refractivity contribution is 0.0955. The van der Waals surface area contributed by atoms with Crippen molar-refractivity contribution >= 4 is 17.8 Å². The van der Waals surface area contributed by atoms with Crippen LogP contribution in [0.3, 0.4) is 0 Å². The molecule has 0 heterocycles. The largest absolute Gasteiger partial charge is 0.497 e. The summed E-state index contributed by atoms with van der Waals surface area (Å²) >= 11 is 0. The summed E-state index contributed by atoms with van der Waals surface area (Å²) in [7, 11) is 3.14. The zero-order chi connectivity index (χ0) is 15.9. The normalized spacial score (nSPS) is 10.5. The highest BCUT2D eigenvalue weighted by molar-refractivity contribution is 5.95. The number of benzene rings is 2. The van der Waals surface area contributed by atoms with Crippen LogP contribution in [0.4, 0.5) is 5.69 Å². The number of nitrogens with two attached hydrogens (primary N) is 1. The molecule has 0 bridgehead atoms. The third-order valence-corrected chi connectivity index (χ3v) is 2.98. The Morgan fingerprint density at radius 1 is 1.14 bits per heavy atom. The fraction of sp³-hybridized carbons (Fsp3) is 0.125. The third-order valence-electron chi connectivity index (χ3n) is 2.98. The van der Waals surface area contributed by atoms with Gasteiger partial charge in [-0.3, -0.25) is 4.79 Å². The zero-order valence-corrected chi connectivity index (χ0v) is 12.4. The number of hydrazone groups is 1. The zero-order valence-electron chi connectivity index (χ0n) is 12.4. The number of ether oxygens (including phenoxy) is 2. The minimum atomic E-state index is -0.321. The molecule has 3 N–H and O–H groups in total. The van der Waals surface area contributed by atoms with Gasteiger partial charge in [0.1, 0.15) is 11.5 Å². The summed E-state index contributed by atoms with van der Waals surface area (Å²) < 4.78 is 10.4. The molecule has 0 aliphatic carbocycles. The van der Waals surface area contributed by atoms with Gasteiger partial charge in [0, 0.05) is 16.8 Å². The molecule has 0 radical (unpaired) electrons. The van der Waals surface area contributed by atoms with Gasteiger partial charge < -0.3 is 15.2 Å². The van der Waals surface area contributed by atoms with Crippen molar-refractivity contribution < 1.29 is 14.3 Å². The summed E-state index contributed by atoms with van der Waals surface area (Å²) in [5.74, 6) is 0.983. The number of anilines is 1. The molecule has 1 amide bonds. The molecule has 6 heteroatoms. The second kappa shape index (κ2) is 7.12. The Kier molecular flexibility index (Phi) is 4.98. The molecular weight excluding hydrogens is 282 g/mol. The van der Waals surface area contributed by atoms with E-state index in [0.717, 1.165) is 0 Å². The van der Waals surface area contributed by atoms with Crippen LogP contribution in [0.15, 0.2) is 47.6 Å². The predicted octanol–water partition coefficient (Wildman–Crippen LogP) is 2.05. The minimum Gasteiger partial charge on any atom is -0.497 e. The van der Waals surface area contributed by atoms with Crippen molar-refractivity contribution in [2.45, 2.75) is 0 Å². The molecule has 22 heavy (non-hydrogen) atoms. The molecule has 0 fully saturated rings. The Hall–Kier alpha value is -3.02. The van der Waals surface area contributed by atoms with E-state index in [9.17, 15) is 4.79 Å². The number of hydrogen-bond donors (Lipinski definition) is 2. The van der Waals surface area contributed by atoms with Gasteiger partial charge in [0.15, 0.2) is 0 Å². The summed E-state index contributed by atoms with van der Waals surface area (Å²) in [5, 5.41) is 3.93. The van der Waals surface area contributed by atoms with Crippen molar-refractivity contribution in [2.24, 2.45) is 5.10 Å². The number of nitrogen functional groups attached to an aromatic ring is 1. The van der Waals surface area contributed by atoms with Gasteiger partial charge in [-0.2, -0.15) is 5.10 Å². The molecule has 0 saturated carbocycles. The average molecular weight is 299 g/mol. The van der Waals surface area contributed by atoms with Crippen molar-refractivity contribution in [3.63, 3.8) is 0 Å². The molecule has 114 valence electrons. The SMILES string of the molecule is COc1ccc(OC)c(C=NNC(=O)c2ccc(N)cc2)c1. The number of nitrogens with one attached hydrogen (secondary N) is 1. The summed E-state index contributed by atoms with van der Waals surface area (Å²) in [6.07, 6.45) is 1.50. The molecule has 2 rings (SSSR count). The number of amides is 1. The van der Waals surface area contributed by atoms with Gasteiger partial charge in [-0.15, -0.1) is 0 Å². The third kappa shape index (κ3) is 3.76. The molecular formula is C16H17N3O3. The maximum absolute atomic E-state index is 11.9. The first-order valence-corrected chi connectivity index (χ1v) is 6.55. The molecule has 0 spiro atoms. The first-order chi connectivity index (χ1) is 10.6. The van der Waals surface area contributed by atoms with E-state index in [-0.39, 0.29) is 5.91 Å². The maximum Gasteiger partial charge on any atom is 0.271 e. The highest BCUT2D eigenvalue weighted by Crippen LogP contribution is 2.22. The highest BCUT2D eigenvalue weighted by atomic mass is 16.5. The minimum absolute atomic E-state index is 0.321. The lowest BCUT2D eigenvalue weighted by atomic mass is 10.2. The van der Waals surface area contributed by atoms with E-state index < -0.39 is 0 Å². The summed E-state index contributed by atoms with van der Waals surface area (Å²) in [6.45, 7) is 0. The molecule has 0 aromatic heterocycles. The van der Waals surface area contributed by atoms with Crippen LogP contribution < -0.4 is 20.6 Å². The fourth-order valence-corrected chi connectivity index (χ4v) is 1.80. The van der Waals surface area contributed by atoms with Crippen LogP contribution in [0.1, 0.15) is 15.9 Å². The van der Waals surface area contributed by atoms with Crippen LogP contribution in [0.5, 0.6) is 11.5 Å². The van der Waals surface area contributed by atoms with Gasteiger partial charge in [0.05, 0.1) is 20.4 Å². The molecule has 2 aromatic carbocycles. The Balaban J connectivity index is 2.08. The highest BCUT2D eigenvalue weighted by Gasteiger charge is 2.05. The van der Waals surface area contributed by atoms with Gasteiger partial charge >= 0.3 is 0 Å². The van der Waals surface area contributed by atoms with Gasteiger partial charge in [0.25, 0.3) is 5.91 Å². The second-order valence-electron chi connectivity index (χ2n) is 4.43.